The Bertz CT molecular complexity index is 783. The summed E-state index contributed by atoms with van der Waals surface area (Å²) < 4.78 is 7.73. The van der Waals surface area contributed by atoms with Crippen molar-refractivity contribution in [2.45, 2.75) is 12.5 Å². The molecule has 0 N–H and O–H groups in total. The summed E-state index contributed by atoms with van der Waals surface area (Å²) in [5, 5.41) is 6.22. The molecule has 0 amide bonds. The van der Waals surface area contributed by atoms with Crippen LogP contribution in [-0.4, -0.2) is 9.78 Å². The van der Waals surface area contributed by atoms with E-state index in [0.717, 1.165) is 22.2 Å². The van der Waals surface area contributed by atoms with Gasteiger partial charge in [0.25, 0.3) is 0 Å². The molecular weight excluding hydrogens is 307 g/mol. The second-order valence-corrected chi connectivity index (χ2v) is 5.40. The van der Waals surface area contributed by atoms with Crippen molar-refractivity contribution in [1.29, 1.82) is 0 Å². The van der Waals surface area contributed by atoms with E-state index in [4.69, 9.17) is 27.9 Å². The number of benzene rings is 2. The minimum absolute atomic E-state index is 0.317. The fourth-order valence-corrected chi connectivity index (χ4v) is 2.92. The number of hydrogen-bond donors (Lipinski definition) is 0. The topological polar surface area (TPSA) is 27.1 Å². The van der Waals surface area contributed by atoms with Crippen molar-refractivity contribution >= 4 is 34.1 Å². The Labute approximate surface area is 133 Å². The molecule has 21 heavy (non-hydrogen) atoms. The van der Waals surface area contributed by atoms with E-state index in [0.29, 0.717) is 23.3 Å². The van der Waals surface area contributed by atoms with Crippen LogP contribution in [0.15, 0.2) is 42.5 Å². The van der Waals surface area contributed by atoms with Crippen molar-refractivity contribution in [3.63, 3.8) is 0 Å². The van der Waals surface area contributed by atoms with Gasteiger partial charge in [0.05, 0.1) is 11.4 Å². The molecule has 3 nitrogen and oxygen atoms in total. The van der Waals surface area contributed by atoms with Crippen LogP contribution in [0.3, 0.4) is 0 Å². The number of aromatic nitrogens is 2. The predicted molar refractivity (Wildman–Crippen MR) is 86.1 cm³/mol. The fourth-order valence-electron chi connectivity index (χ4n) is 2.35. The first-order valence-electron chi connectivity index (χ1n) is 6.57. The van der Waals surface area contributed by atoms with Crippen LogP contribution < -0.4 is 4.74 Å². The lowest BCUT2D eigenvalue weighted by Crippen LogP contribution is -2.00. The Morgan fingerprint density at radius 1 is 1.14 bits per heavy atom. The highest BCUT2D eigenvalue weighted by Gasteiger charge is 2.11. The smallest absolute Gasteiger partial charge is 0.133 e. The minimum Gasteiger partial charge on any atom is -0.487 e. The number of para-hydroxylation sites is 1. The first-order valence-corrected chi connectivity index (χ1v) is 7.48. The van der Waals surface area contributed by atoms with Crippen molar-refractivity contribution in [1.82, 2.24) is 9.78 Å². The predicted octanol–water partition coefficient (Wildman–Crippen LogP) is 4.54. The molecule has 0 spiro atoms. The maximum Gasteiger partial charge on any atom is 0.133 e. The van der Waals surface area contributed by atoms with Gasteiger partial charge in [-0.05, 0) is 18.2 Å². The summed E-state index contributed by atoms with van der Waals surface area (Å²) in [5.74, 6) is 1.02. The lowest BCUT2D eigenvalue weighted by Gasteiger charge is -2.10. The van der Waals surface area contributed by atoms with E-state index in [9.17, 15) is 0 Å². The third-order valence-corrected chi connectivity index (χ3v) is 4.03. The summed E-state index contributed by atoms with van der Waals surface area (Å²) in [7, 11) is 1.93. The van der Waals surface area contributed by atoms with E-state index in [-0.39, 0.29) is 0 Å². The monoisotopic (exact) mass is 320 g/mol. The van der Waals surface area contributed by atoms with Crippen molar-refractivity contribution < 1.29 is 4.74 Å². The van der Waals surface area contributed by atoms with Crippen LogP contribution in [0, 0.1) is 0 Å². The lowest BCUT2D eigenvalue weighted by atomic mass is 10.2. The summed E-state index contributed by atoms with van der Waals surface area (Å²) in [5.41, 5.74) is 2.79. The molecule has 0 aliphatic carbocycles. The first-order chi connectivity index (χ1) is 10.2. The highest BCUT2D eigenvalue weighted by molar-refractivity contribution is 6.32. The number of alkyl halides is 1. The average molecular weight is 321 g/mol. The summed E-state index contributed by atoms with van der Waals surface area (Å²) in [6.07, 6.45) is 0. The normalized spacial score (nSPS) is 11.0. The molecule has 0 saturated carbocycles. The van der Waals surface area contributed by atoms with Gasteiger partial charge in [0.1, 0.15) is 18.1 Å². The summed E-state index contributed by atoms with van der Waals surface area (Å²) in [6.45, 7) is 0.381. The van der Waals surface area contributed by atoms with Crippen molar-refractivity contribution in [2.24, 2.45) is 7.05 Å². The molecule has 108 valence electrons. The minimum atomic E-state index is 0.317. The van der Waals surface area contributed by atoms with Crippen LogP contribution >= 0.6 is 23.2 Å². The van der Waals surface area contributed by atoms with E-state index >= 15 is 0 Å². The Hall–Kier alpha value is -1.71. The number of hydrogen-bond acceptors (Lipinski definition) is 2. The maximum atomic E-state index is 6.13. The number of halogens is 2. The van der Waals surface area contributed by atoms with Gasteiger partial charge in [0, 0.05) is 23.0 Å². The van der Waals surface area contributed by atoms with Crippen LogP contribution in [0.4, 0.5) is 0 Å². The number of aryl methyl sites for hydroxylation is 1. The zero-order chi connectivity index (χ0) is 14.8. The van der Waals surface area contributed by atoms with Gasteiger partial charge in [-0.25, -0.2) is 0 Å². The molecule has 0 unspecified atom stereocenters. The number of nitrogens with zero attached hydrogens (tertiary/aromatic N) is 2. The summed E-state index contributed by atoms with van der Waals surface area (Å²) in [6, 6.07) is 13.6. The molecule has 1 heterocycles. The quantitative estimate of drug-likeness (QED) is 0.660. The highest BCUT2D eigenvalue weighted by atomic mass is 35.5. The average Bonchev–Trinajstić information content (AvgIpc) is 2.82. The highest BCUT2D eigenvalue weighted by Crippen LogP contribution is 2.29. The molecule has 0 aliphatic rings. The molecule has 2 aromatic carbocycles. The number of ether oxygens (including phenoxy) is 1. The maximum absolute atomic E-state index is 6.13. The van der Waals surface area contributed by atoms with Gasteiger partial charge in [-0.2, -0.15) is 5.10 Å². The molecule has 0 bridgehead atoms. The van der Waals surface area contributed by atoms with Crippen LogP contribution in [0.1, 0.15) is 11.3 Å². The molecule has 1 aromatic heterocycles. The van der Waals surface area contributed by atoms with E-state index < -0.39 is 0 Å². The van der Waals surface area contributed by atoms with Crippen LogP contribution in [0.5, 0.6) is 5.75 Å². The molecular formula is C16H14Cl2N2O. The first kappa shape index (κ1) is 14.2. The van der Waals surface area contributed by atoms with Crippen LogP contribution in [-0.2, 0) is 19.5 Å². The van der Waals surface area contributed by atoms with E-state index in [1.807, 2.05) is 54.2 Å². The Kier molecular flexibility index (Phi) is 4.04. The third-order valence-electron chi connectivity index (χ3n) is 3.41. The Balaban J connectivity index is 1.89. The van der Waals surface area contributed by atoms with Crippen molar-refractivity contribution in [2.75, 3.05) is 0 Å². The van der Waals surface area contributed by atoms with E-state index in [2.05, 4.69) is 5.10 Å². The lowest BCUT2D eigenvalue weighted by molar-refractivity contribution is 0.299. The second kappa shape index (κ2) is 5.96. The SMILES string of the molecule is Cn1nc(COc2cccc(Cl)c2CCl)c2ccccc21. The van der Waals surface area contributed by atoms with Crippen molar-refractivity contribution in [3.05, 3.63) is 58.7 Å². The molecule has 0 atom stereocenters. The molecule has 0 radical (unpaired) electrons. The Morgan fingerprint density at radius 2 is 1.95 bits per heavy atom. The fraction of sp³-hybridized carbons (Fsp3) is 0.188. The standard InChI is InChI=1S/C16H14Cl2N2O/c1-20-15-7-3-2-5-11(15)14(19-20)10-21-16-8-4-6-13(18)12(16)9-17/h2-8H,9-10H2,1H3. The van der Waals surface area contributed by atoms with E-state index in [1.165, 1.54) is 0 Å². The van der Waals surface area contributed by atoms with Gasteiger partial charge in [0.15, 0.2) is 0 Å². The van der Waals surface area contributed by atoms with Crippen molar-refractivity contribution in [3.8, 4) is 5.75 Å². The largest absolute Gasteiger partial charge is 0.487 e. The molecule has 3 aromatic rings. The molecule has 3 rings (SSSR count). The zero-order valence-electron chi connectivity index (χ0n) is 11.5. The summed E-state index contributed by atoms with van der Waals surface area (Å²) in [4.78, 5) is 0. The Morgan fingerprint density at radius 3 is 2.76 bits per heavy atom. The van der Waals surface area contributed by atoms with E-state index in [1.54, 1.807) is 0 Å². The number of rotatable bonds is 4. The molecule has 0 fully saturated rings. The van der Waals surface area contributed by atoms with Crippen LogP contribution in [0.2, 0.25) is 5.02 Å². The number of fused-ring (bicyclic) bond motifs is 1. The van der Waals surface area contributed by atoms with Gasteiger partial charge in [0.2, 0.25) is 0 Å². The molecule has 5 heteroatoms. The van der Waals surface area contributed by atoms with Gasteiger partial charge >= 0.3 is 0 Å². The second-order valence-electron chi connectivity index (χ2n) is 4.73. The van der Waals surface area contributed by atoms with Gasteiger partial charge in [-0.15, -0.1) is 11.6 Å². The van der Waals surface area contributed by atoms with Gasteiger partial charge in [-0.3, -0.25) is 4.68 Å². The summed E-state index contributed by atoms with van der Waals surface area (Å²) >= 11 is 12.1. The molecule has 0 aliphatic heterocycles. The third kappa shape index (κ3) is 2.71. The van der Waals surface area contributed by atoms with Crippen LogP contribution in [0.25, 0.3) is 10.9 Å². The molecule has 0 saturated heterocycles. The van der Waals surface area contributed by atoms with Gasteiger partial charge < -0.3 is 4.74 Å². The van der Waals surface area contributed by atoms with Gasteiger partial charge in [-0.1, -0.05) is 35.9 Å². The zero-order valence-corrected chi connectivity index (χ0v) is 13.0.